The lowest BCUT2D eigenvalue weighted by Crippen LogP contribution is -2.43. The van der Waals surface area contributed by atoms with Crippen LogP contribution in [0.15, 0.2) is 40.9 Å². The number of morpholine rings is 1. The molecule has 0 atom stereocenters. The number of halogens is 1. The third-order valence-corrected chi connectivity index (χ3v) is 7.88. The molecule has 10 heteroatoms. The van der Waals surface area contributed by atoms with Crippen LogP contribution in [0.4, 0.5) is 5.13 Å². The Balaban J connectivity index is 1.58. The third kappa shape index (κ3) is 4.71. The molecule has 8 nitrogen and oxygen atoms in total. The number of carbonyl (C=O) groups excluding carboxylic acids is 1. The quantitative estimate of drug-likeness (QED) is 0.327. The fraction of sp³-hybridized carbons (Fsp3) is 0.346. The molecule has 0 saturated carbocycles. The molecule has 0 aliphatic carbocycles. The second kappa shape index (κ2) is 10.6. The summed E-state index contributed by atoms with van der Waals surface area (Å²) in [4.78, 5) is 23.1. The zero-order valence-corrected chi connectivity index (χ0v) is 22.0. The van der Waals surface area contributed by atoms with Gasteiger partial charge in [0.25, 0.3) is 5.91 Å². The molecule has 0 N–H and O–H groups in total. The number of hydrogen-bond donors (Lipinski definition) is 0. The largest absolute Gasteiger partial charge is 0.494 e. The normalized spacial score (nSPS) is 14.3. The van der Waals surface area contributed by atoms with Crippen LogP contribution >= 0.6 is 22.9 Å². The first kappa shape index (κ1) is 24.7. The Hall–Kier alpha value is -2.98. The smallest absolute Gasteiger partial charge is 0.266 e. The van der Waals surface area contributed by atoms with Crippen LogP contribution in [0.1, 0.15) is 21.7 Å². The number of thiazole rings is 1. The Morgan fingerprint density at radius 3 is 2.72 bits per heavy atom. The van der Waals surface area contributed by atoms with Gasteiger partial charge < -0.3 is 14.0 Å². The van der Waals surface area contributed by atoms with Gasteiger partial charge in [0, 0.05) is 31.7 Å². The van der Waals surface area contributed by atoms with Gasteiger partial charge in [-0.1, -0.05) is 52.4 Å². The zero-order valence-electron chi connectivity index (χ0n) is 20.4. The van der Waals surface area contributed by atoms with Crippen molar-refractivity contribution < 1.29 is 18.8 Å². The fourth-order valence-electron chi connectivity index (χ4n) is 4.32. The van der Waals surface area contributed by atoms with E-state index in [1.165, 1.54) is 11.3 Å². The Morgan fingerprint density at radius 1 is 1.19 bits per heavy atom. The minimum atomic E-state index is -0.229. The van der Waals surface area contributed by atoms with Crippen molar-refractivity contribution in [2.75, 3.05) is 51.4 Å². The molecule has 2 aromatic carbocycles. The van der Waals surface area contributed by atoms with E-state index in [2.05, 4.69) is 10.1 Å². The molecule has 1 fully saturated rings. The predicted molar refractivity (Wildman–Crippen MR) is 142 cm³/mol. The van der Waals surface area contributed by atoms with Crippen LogP contribution in [-0.4, -0.2) is 67.5 Å². The Kier molecular flexibility index (Phi) is 7.25. The molecule has 0 spiro atoms. The standard InChI is InChI=1S/C26H27ClN4O4S/c1-16-8-9-20(33-3)23-24(16)36-26(28-23)31(11-10-30-12-14-34-15-13-30)25(32)21-17(2)35-29-22(21)18-6-4-5-7-19(18)27/h4-9H,10-15H2,1-3H3. The molecule has 4 aromatic rings. The van der Waals surface area contributed by atoms with E-state index in [-0.39, 0.29) is 5.91 Å². The lowest BCUT2D eigenvalue weighted by molar-refractivity contribution is 0.0391. The number of methoxy groups -OCH3 is 1. The highest BCUT2D eigenvalue weighted by atomic mass is 35.5. The van der Waals surface area contributed by atoms with Gasteiger partial charge >= 0.3 is 0 Å². The van der Waals surface area contributed by atoms with Gasteiger partial charge in [0.15, 0.2) is 5.13 Å². The minimum Gasteiger partial charge on any atom is -0.494 e. The number of aromatic nitrogens is 2. The molecule has 1 aliphatic heterocycles. The summed E-state index contributed by atoms with van der Waals surface area (Å²) in [6.07, 6.45) is 0. The molecule has 0 radical (unpaired) electrons. The van der Waals surface area contributed by atoms with Gasteiger partial charge in [0.05, 0.1) is 30.0 Å². The summed E-state index contributed by atoms with van der Waals surface area (Å²) in [5.74, 6) is 0.880. The van der Waals surface area contributed by atoms with E-state index in [0.717, 1.165) is 28.9 Å². The molecule has 1 aliphatic rings. The minimum absolute atomic E-state index is 0.229. The molecule has 1 saturated heterocycles. The Morgan fingerprint density at radius 2 is 1.97 bits per heavy atom. The predicted octanol–water partition coefficient (Wildman–Crippen LogP) is 5.21. The third-order valence-electron chi connectivity index (χ3n) is 6.34. The molecule has 36 heavy (non-hydrogen) atoms. The van der Waals surface area contributed by atoms with E-state index in [9.17, 15) is 4.79 Å². The fourth-order valence-corrected chi connectivity index (χ4v) is 5.63. The second-order valence-electron chi connectivity index (χ2n) is 8.61. The maximum atomic E-state index is 14.2. The van der Waals surface area contributed by atoms with Crippen molar-refractivity contribution in [2.45, 2.75) is 13.8 Å². The number of benzene rings is 2. The molecule has 0 bridgehead atoms. The van der Waals surface area contributed by atoms with Crippen LogP contribution in [0.2, 0.25) is 5.02 Å². The van der Waals surface area contributed by atoms with Crippen LogP contribution < -0.4 is 9.64 Å². The van der Waals surface area contributed by atoms with E-state index in [1.54, 1.807) is 25.0 Å². The number of anilines is 1. The molecule has 0 unspecified atom stereocenters. The number of nitrogens with zero attached hydrogens (tertiary/aromatic N) is 4. The summed E-state index contributed by atoms with van der Waals surface area (Å²) in [6.45, 7) is 7.94. The number of ether oxygens (including phenoxy) is 2. The van der Waals surface area contributed by atoms with Gasteiger partial charge in [0.1, 0.15) is 28.3 Å². The van der Waals surface area contributed by atoms with Crippen molar-refractivity contribution in [3.05, 3.63) is 58.3 Å². The summed E-state index contributed by atoms with van der Waals surface area (Å²) < 4.78 is 17.5. The van der Waals surface area contributed by atoms with Gasteiger partial charge in [-0.2, -0.15) is 0 Å². The maximum absolute atomic E-state index is 14.2. The number of carbonyl (C=O) groups is 1. The van der Waals surface area contributed by atoms with Crippen molar-refractivity contribution in [3.63, 3.8) is 0 Å². The first-order chi connectivity index (χ1) is 17.5. The molecule has 5 rings (SSSR count). The molecule has 3 heterocycles. The second-order valence-corrected chi connectivity index (χ2v) is 10.00. The number of rotatable bonds is 7. The molecule has 1 amide bonds. The van der Waals surface area contributed by atoms with Gasteiger partial charge in [-0.15, -0.1) is 0 Å². The van der Waals surface area contributed by atoms with Crippen LogP contribution in [0.3, 0.4) is 0 Å². The van der Waals surface area contributed by atoms with Crippen LogP contribution in [-0.2, 0) is 4.74 Å². The maximum Gasteiger partial charge on any atom is 0.266 e. The van der Waals surface area contributed by atoms with Crippen molar-refractivity contribution in [1.82, 2.24) is 15.0 Å². The summed E-state index contributed by atoms with van der Waals surface area (Å²) in [6, 6.07) is 11.2. The van der Waals surface area contributed by atoms with Crippen molar-refractivity contribution >= 4 is 44.2 Å². The number of hydrogen-bond acceptors (Lipinski definition) is 8. The van der Waals surface area contributed by atoms with E-state index < -0.39 is 0 Å². The van der Waals surface area contributed by atoms with Crippen molar-refractivity contribution in [2.24, 2.45) is 0 Å². The SMILES string of the molecule is COc1ccc(C)c2sc(N(CCN3CCOCC3)C(=O)c3c(-c4ccccc4Cl)noc3C)nc12. The lowest BCUT2D eigenvalue weighted by atomic mass is 10.1. The van der Waals surface area contributed by atoms with Gasteiger partial charge in [-0.3, -0.25) is 14.6 Å². The summed E-state index contributed by atoms with van der Waals surface area (Å²) in [5, 5.41) is 5.31. The van der Waals surface area contributed by atoms with Crippen LogP contribution in [0, 0.1) is 13.8 Å². The number of amides is 1. The van der Waals surface area contributed by atoms with Gasteiger partial charge in [-0.05, 0) is 31.5 Å². The highest BCUT2D eigenvalue weighted by Gasteiger charge is 2.30. The first-order valence-corrected chi connectivity index (χ1v) is 12.9. The average molecular weight is 527 g/mol. The first-order valence-electron chi connectivity index (χ1n) is 11.7. The summed E-state index contributed by atoms with van der Waals surface area (Å²) >= 11 is 7.94. The van der Waals surface area contributed by atoms with Crippen LogP contribution in [0.25, 0.3) is 21.5 Å². The van der Waals surface area contributed by atoms with E-state index >= 15 is 0 Å². The van der Waals surface area contributed by atoms with E-state index in [4.69, 9.17) is 30.6 Å². The zero-order chi connectivity index (χ0) is 25.2. The van der Waals surface area contributed by atoms with E-state index in [0.29, 0.717) is 64.8 Å². The van der Waals surface area contributed by atoms with Crippen LogP contribution in [0.5, 0.6) is 5.75 Å². The van der Waals surface area contributed by atoms with E-state index in [1.807, 2.05) is 37.3 Å². The topological polar surface area (TPSA) is 80.9 Å². The molecular weight excluding hydrogens is 500 g/mol. The number of fused-ring (bicyclic) bond motifs is 1. The van der Waals surface area contributed by atoms with Gasteiger partial charge in [0.2, 0.25) is 0 Å². The highest BCUT2D eigenvalue weighted by molar-refractivity contribution is 7.22. The molecule has 188 valence electrons. The van der Waals surface area contributed by atoms with Crippen molar-refractivity contribution in [1.29, 1.82) is 0 Å². The Bertz CT molecular complexity index is 1400. The highest BCUT2D eigenvalue weighted by Crippen LogP contribution is 2.38. The van der Waals surface area contributed by atoms with Crippen molar-refractivity contribution in [3.8, 4) is 17.0 Å². The Labute approximate surface area is 218 Å². The summed E-state index contributed by atoms with van der Waals surface area (Å²) in [5.41, 5.74) is 3.28. The average Bonchev–Trinajstić information content (AvgIpc) is 3.50. The molecular formula is C26H27ClN4O4S. The monoisotopic (exact) mass is 526 g/mol. The number of aryl methyl sites for hydroxylation is 2. The van der Waals surface area contributed by atoms with Gasteiger partial charge in [-0.25, -0.2) is 4.98 Å². The lowest BCUT2D eigenvalue weighted by Gasteiger charge is -2.29. The molecule has 2 aromatic heterocycles. The summed E-state index contributed by atoms with van der Waals surface area (Å²) in [7, 11) is 1.63.